The Labute approximate surface area is 149 Å². The van der Waals surface area contributed by atoms with Crippen LogP contribution in [0.15, 0.2) is 53.5 Å². The van der Waals surface area contributed by atoms with Crippen LogP contribution in [0.25, 0.3) is 0 Å². The summed E-state index contributed by atoms with van der Waals surface area (Å²) in [5.41, 5.74) is 1.71. The van der Waals surface area contributed by atoms with Crippen LogP contribution in [0, 0.1) is 12.8 Å². The Hall–Kier alpha value is -2.99. The number of hydrogen-bond acceptors (Lipinski definition) is 4. The Bertz CT molecular complexity index is 895. The van der Waals surface area contributed by atoms with Crippen LogP contribution in [-0.4, -0.2) is 24.1 Å². The van der Waals surface area contributed by atoms with Gasteiger partial charge in [-0.15, -0.1) is 0 Å². The van der Waals surface area contributed by atoms with Crippen LogP contribution >= 0.6 is 11.6 Å². The van der Waals surface area contributed by atoms with Crippen LogP contribution in [0.4, 0.5) is 16.2 Å². The highest BCUT2D eigenvalue weighted by Gasteiger charge is 2.40. The molecule has 6 nitrogen and oxygen atoms in total. The molecule has 0 aromatic heterocycles. The van der Waals surface area contributed by atoms with Gasteiger partial charge in [0.05, 0.1) is 16.4 Å². The lowest BCUT2D eigenvalue weighted by atomic mass is 10.1. The number of rotatable bonds is 3. The van der Waals surface area contributed by atoms with Gasteiger partial charge in [-0.25, -0.2) is 9.69 Å². The Morgan fingerprint density at radius 2 is 1.88 bits per heavy atom. The van der Waals surface area contributed by atoms with Crippen molar-refractivity contribution in [3.63, 3.8) is 0 Å². The number of benzene rings is 2. The van der Waals surface area contributed by atoms with Crippen LogP contribution in [-0.2, 0) is 9.59 Å². The van der Waals surface area contributed by atoms with Crippen molar-refractivity contribution < 1.29 is 14.4 Å². The number of anilines is 1. The van der Waals surface area contributed by atoms with Gasteiger partial charge in [0, 0.05) is 6.21 Å². The van der Waals surface area contributed by atoms with Crippen molar-refractivity contribution in [2.24, 2.45) is 10.9 Å². The number of imide groups is 2. The van der Waals surface area contributed by atoms with Gasteiger partial charge in [0.25, 0.3) is 5.91 Å². The summed E-state index contributed by atoms with van der Waals surface area (Å²) in [4.78, 5) is 41.9. The molecule has 0 bridgehead atoms. The maximum absolute atomic E-state index is 12.7. The number of aryl methyl sites for hydroxylation is 1. The second-order valence-electron chi connectivity index (χ2n) is 5.51. The number of carbonyl (C=O) groups excluding carboxylic acids is 3. The highest BCUT2D eigenvalue weighted by atomic mass is 35.5. The lowest BCUT2D eigenvalue weighted by Crippen LogP contribution is -2.58. The molecule has 3 rings (SSSR count). The molecule has 1 saturated heterocycles. The zero-order valence-electron chi connectivity index (χ0n) is 13.3. The van der Waals surface area contributed by atoms with Gasteiger partial charge in [0.2, 0.25) is 5.91 Å². The minimum Gasteiger partial charge on any atom is -0.276 e. The molecule has 1 atom stereocenters. The second-order valence-corrected chi connectivity index (χ2v) is 5.92. The van der Waals surface area contributed by atoms with E-state index in [4.69, 9.17) is 11.6 Å². The molecule has 0 unspecified atom stereocenters. The van der Waals surface area contributed by atoms with E-state index in [1.807, 2.05) is 13.0 Å². The van der Waals surface area contributed by atoms with Gasteiger partial charge in [-0.05, 0) is 36.8 Å². The van der Waals surface area contributed by atoms with Crippen molar-refractivity contribution in [3.05, 3.63) is 59.1 Å². The standard InChI is InChI=1S/C18H14ClN3O3/c1-11-5-4-6-12(9-11)22-17(24)13(16(23)21-18(22)25)10-20-15-8-3-2-7-14(15)19/h2-10,13H,1H3,(H,21,23,25)/t13-/m1/s1. The normalized spacial score (nSPS) is 17.9. The fourth-order valence-electron chi connectivity index (χ4n) is 2.44. The Kier molecular flexibility index (Phi) is 4.63. The van der Waals surface area contributed by atoms with Crippen molar-refractivity contribution in [2.75, 3.05) is 4.90 Å². The summed E-state index contributed by atoms with van der Waals surface area (Å²) >= 11 is 6.02. The van der Waals surface area contributed by atoms with E-state index in [-0.39, 0.29) is 0 Å². The molecule has 1 heterocycles. The molecule has 0 aliphatic carbocycles. The number of barbiturate groups is 1. The predicted molar refractivity (Wildman–Crippen MR) is 95.3 cm³/mol. The molecule has 0 radical (unpaired) electrons. The molecule has 2 aromatic carbocycles. The molecule has 1 N–H and O–H groups in total. The van der Waals surface area contributed by atoms with Gasteiger partial charge in [-0.1, -0.05) is 35.9 Å². The fourth-order valence-corrected chi connectivity index (χ4v) is 2.63. The molecule has 0 saturated carbocycles. The number of carbonyl (C=O) groups is 3. The first kappa shape index (κ1) is 16.9. The lowest BCUT2D eigenvalue weighted by molar-refractivity contribution is -0.131. The van der Waals surface area contributed by atoms with E-state index in [2.05, 4.69) is 10.3 Å². The lowest BCUT2D eigenvalue weighted by Gasteiger charge is -2.28. The number of nitrogens with one attached hydrogen (secondary N) is 1. The Morgan fingerprint density at radius 3 is 2.60 bits per heavy atom. The van der Waals surface area contributed by atoms with Crippen molar-refractivity contribution in [3.8, 4) is 0 Å². The fraction of sp³-hybridized carbons (Fsp3) is 0.111. The Balaban J connectivity index is 1.92. The number of para-hydroxylation sites is 1. The quantitative estimate of drug-likeness (QED) is 0.678. The van der Waals surface area contributed by atoms with Gasteiger partial charge >= 0.3 is 6.03 Å². The van der Waals surface area contributed by atoms with Crippen molar-refractivity contribution in [1.82, 2.24) is 5.32 Å². The third kappa shape index (κ3) is 3.44. The highest BCUT2D eigenvalue weighted by Crippen LogP contribution is 2.25. The van der Waals surface area contributed by atoms with Crippen molar-refractivity contribution in [2.45, 2.75) is 6.92 Å². The molecule has 7 heteroatoms. The van der Waals surface area contributed by atoms with Crippen LogP contribution in [0.2, 0.25) is 5.02 Å². The van der Waals surface area contributed by atoms with E-state index >= 15 is 0 Å². The van der Waals surface area contributed by atoms with Crippen LogP contribution in [0.1, 0.15) is 5.56 Å². The highest BCUT2D eigenvalue weighted by molar-refractivity contribution is 6.34. The summed E-state index contributed by atoms with van der Waals surface area (Å²) in [6.45, 7) is 1.84. The monoisotopic (exact) mass is 355 g/mol. The largest absolute Gasteiger partial charge is 0.335 e. The molecule has 1 aliphatic rings. The average Bonchev–Trinajstić information content (AvgIpc) is 2.56. The van der Waals surface area contributed by atoms with E-state index in [0.29, 0.717) is 16.4 Å². The number of aliphatic imine (C=N–C) groups is 1. The smallest absolute Gasteiger partial charge is 0.276 e. The Morgan fingerprint density at radius 1 is 1.12 bits per heavy atom. The van der Waals surface area contributed by atoms with E-state index in [1.54, 1.807) is 42.5 Å². The SMILES string of the molecule is Cc1cccc(N2C(=O)NC(=O)[C@@H](C=Nc3ccccc3Cl)C2=O)c1. The third-order valence-electron chi connectivity index (χ3n) is 3.68. The number of urea groups is 1. The molecule has 0 spiro atoms. The molecule has 1 aliphatic heterocycles. The van der Waals surface area contributed by atoms with Gasteiger partial charge < -0.3 is 0 Å². The molecule has 2 aromatic rings. The molecule has 4 amide bonds. The van der Waals surface area contributed by atoms with Gasteiger partial charge in [0.15, 0.2) is 5.92 Å². The summed E-state index contributed by atoms with van der Waals surface area (Å²) in [7, 11) is 0. The van der Waals surface area contributed by atoms with Crippen LogP contribution in [0.5, 0.6) is 0 Å². The molecule has 126 valence electrons. The summed E-state index contributed by atoms with van der Waals surface area (Å²) in [6.07, 6.45) is 1.20. The average molecular weight is 356 g/mol. The minimum absolute atomic E-state index is 0.395. The summed E-state index contributed by atoms with van der Waals surface area (Å²) in [5, 5.41) is 2.58. The predicted octanol–water partition coefficient (Wildman–Crippen LogP) is 3.25. The van der Waals surface area contributed by atoms with E-state index < -0.39 is 23.8 Å². The maximum Gasteiger partial charge on any atom is 0.335 e. The number of nitrogens with zero attached hydrogens (tertiary/aromatic N) is 2. The van der Waals surface area contributed by atoms with Gasteiger partial charge in [-0.2, -0.15) is 0 Å². The first-order chi connectivity index (χ1) is 12.0. The van der Waals surface area contributed by atoms with E-state index in [0.717, 1.165) is 10.5 Å². The number of hydrogen-bond donors (Lipinski definition) is 1. The summed E-state index contributed by atoms with van der Waals surface area (Å²) in [5.74, 6) is -2.58. The number of amides is 4. The topological polar surface area (TPSA) is 78.8 Å². The van der Waals surface area contributed by atoms with E-state index in [9.17, 15) is 14.4 Å². The number of halogens is 1. The zero-order valence-corrected chi connectivity index (χ0v) is 14.0. The third-order valence-corrected chi connectivity index (χ3v) is 4.00. The molecular formula is C18H14ClN3O3. The zero-order chi connectivity index (χ0) is 18.0. The minimum atomic E-state index is -1.21. The molecule has 1 fully saturated rings. The molecule has 25 heavy (non-hydrogen) atoms. The first-order valence-electron chi connectivity index (χ1n) is 7.51. The summed E-state index contributed by atoms with van der Waals surface area (Å²) < 4.78 is 0. The van der Waals surface area contributed by atoms with E-state index in [1.165, 1.54) is 6.21 Å². The maximum atomic E-state index is 12.7. The van der Waals surface area contributed by atoms with Crippen molar-refractivity contribution in [1.29, 1.82) is 0 Å². The van der Waals surface area contributed by atoms with Crippen LogP contribution < -0.4 is 10.2 Å². The van der Waals surface area contributed by atoms with Crippen molar-refractivity contribution >= 4 is 47.0 Å². The first-order valence-corrected chi connectivity index (χ1v) is 7.89. The molecular weight excluding hydrogens is 342 g/mol. The summed E-state index contributed by atoms with van der Waals surface area (Å²) in [6, 6.07) is 12.9. The van der Waals surface area contributed by atoms with Gasteiger partial charge in [-0.3, -0.25) is 19.9 Å². The van der Waals surface area contributed by atoms with Gasteiger partial charge in [0.1, 0.15) is 0 Å². The second kappa shape index (κ2) is 6.86. The van der Waals surface area contributed by atoms with Crippen LogP contribution in [0.3, 0.4) is 0 Å².